The smallest absolute Gasteiger partial charge is 0.259 e. The fourth-order valence-corrected chi connectivity index (χ4v) is 2.17. The maximum absolute atomic E-state index is 12.5. The fourth-order valence-electron chi connectivity index (χ4n) is 2.00. The van der Waals surface area contributed by atoms with Crippen LogP contribution in [0.5, 0.6) is 11.5 Å². The first-order valence-corrected chi connectivity index (χ1v) is 7.49. The SMILES string of the molecule is CCOc1ccccc1NC(=O)c1cc(Cl)ccc1OCC. The lowest BCUT2D eigenvalue weighted by atomic mass is 10.1. The van der Waals surface area contributed by atoms with Gasteiger partial charge in [0.2, 0.25) is 0 Å². The summed E-state index contributed by atoms with van der Waals surface area (Å²) in [6.45, 7) is 4.75. The van der Waals surface area contributed by atoms with Crippen molar-refractivity contribution in [1.82, 2.24) is 0 Å². The van der Waals surface area contributed by atoms with Gasteiger partial charge in [-0.05, 0) is 44.2 Å². The predicted molar refractivity (Wildman–Crippen MR) is 88.2 cm³/mol. The largest absolute Gasteiger partial charge is 0.493 e. The normalized spacial score (nSPS) is 10.1. The molecule has 0 aliphatic heterocycles. The van der Waals surface area contributed by atoms with Crippen molar-refractivity contribution in [3.05, 3.63) is 53.1 Å². The first kappa shape index (κ1) is 16.2. The molecule has 0 bridgehead atoms. The molecule has 0 aliphatic rings. The molecular weight excluding hydrogens is 302 g/mol. The molecule has 0 unspecified atom stereocenters. The van der Waals surface area contributed by atoms with E-state index in [1.165, 1.54) is 0 Å². The van der Waals surface area contributed by atoms with Crippen LogP contribution in [0.2, 0.25) is 5.02 Å². The van der Waals surface area contributed by atoms with Crippen LogP contribution in [0.4, 0.5) is 5.69 Å². The Balaban J connectivity index is 2.28. The number of nitrogens with one attached hydrogen (secondary N) is 1. The van der Waals surface area contributed by atoms with Crippen LogP contribution in [-0.2, 0) is 0 Å². The fraction of sp³-hybridized carbons (Fsp3) is 0.235. The summed E-state index contributed by atoms with van der Waals surface area (Å²) in [6, 6.07) is 12.2. The average Bonchev–Trinajstić information content (AvgIpc) is 2.51. The van der Waals surface area contributed by atoms with Crippen molar-refractivity contribution in [3.63, 3.8) is 0 Å². The van der Waals surface area contributed by atoms with Crippen LogP contribution >= 0.6 is 11.6 Å². The Hall–Kier alpha value is -2.20. The van der Waals surface area contributed by atoms with Gasteiger partial charge in [-0.3, -0.25) is 4.79 Å². The second kappa shape index (κ2) is 7.71. The minimum absolute atomic E-state index is 0.293. The van der Waals surface area contributed by atoms with Crippen LogP contribution in [-0.4, -0.2) is 19.1 Å². The van der Waals surface area contributed by atoms with Gasteiger partial charge in [0.1, 0.15) is 11.5 Å². The molecule has 0 spiro atoms. The molecule has 0 aliphatic carbocycles. The maximum Gasteiger partial charge on any atom is 0.259 e. The number of benzene rings is 2. The monoisotopic (exact) mass is 319 g/mol. The Kier molecular flexibility index (Phi) is 5.67. The quantitative estimate of drug-likeness (QED) is 0.859. The first-order chi connectivity index (χ1) is 10.7. The third-order valence-corrected chi connectivity index (χ3v) is 3.16. The average molecular weight is 320 g/mol. The van der Waals surface area contributed by atoms with Crippen molar-refractivity contribution in [2.45, 2.75) is 13.8 Å². The van der Waals surface area contributed by atoms with Gasteiger partial charge in [-0.25, -0.2) is 0 Å². The zero-order valence-electron chi connectivity index (χ0n) is 12.6. The molecule has 0 atom stereocenters. The molecule has 0 saturated heterocycles. The Morgan fingerprint density at radius 2 is 1.73 bits per heavy atom. The highest BCUT2D eigenvalue weighted by Crippen LogP contribution is 2.27. The van der Waals surface area contributed by atoms with Crippen molar-refractivity contribution in [2.24, 2.45) is 0 Å². The van der Waals surface area contributed by atoms with Gasteiger partial charge in [-0.2, -0.15) is 0 Å². The predicted octanol–water partition coefficient (Wildman–Crippen LogP) is 4.39. The van der Waals surface area contributed by atoms with E-state index in [-0.39, 0.29) is 5.91 Å². The number of ether oxygens (including phenoxy) is 2. The van der Waals surface area contributed by atoms with E-state index >= 15 is 0 Å². The molecule has 0 saturated carbocycles. The molecule has 5 heteroatoms. The van der Waals surface area contributed by atoms with Crippen LogP contribution < -0.4 is 14.8 Å². The summed E-state index contributed by atoms with van der Waals surface area (Å²) >= 11 is 5.98. The van der Waals surface area contributed by atoms with E-state index in [9.17, 15) is 4.79 Å². The van der Waals surface area contributed by atoms with E-state index in [0.717, 1.165) is 0 Å². The van der Waals surface area contributed by atoms with Crippen LogP contribution in [0, 0.1) is 0 Å². The molecule has 0 radical (unpaired) electrons. The lowest BCUT2D eigenvalue weighted by Crippen LogP contribution is -2.14. The van der Waals surface area contributed by atoms with Crippen LogP contribution in [0.3, 0.4) is 0 Å². The highest BCUT2D eigenvalue weighted by atomic mass is 35.5. The zero-order valence-corrected chi connectivity index (χ0v) is 13.3. The summed E-state index contributed by atoms with van der Waals surface area (Å²) < 4.78 is 11.0. The van der Waals surface area contributed by atoms with Crippen molar-refractivity contribution in [2.75, 3.05) is 18.5 Å². The van der Waals surface area contributed by atoms with Gasteiger partial charge in [0, 0.05) is 5.02 Å². The van der Waals surface area contributed by atoms with Crippen molar-refractivity contribution < 1.29 is 14.3 Å². The first-order valence-electron chi connectivity index (χ1n) is 7.11. The van der Waals surface area contributed by atoms with Crippen molar-refractivity contribution in [3.8, 4) is 11.5 Å². The topological polar surface area (TPSA) is 47.6 Å². The van der Waals surface area contributed by atoms with Gasteiger partial charge in [0.15, 0.2) is 0 Å². The Morgan fingerprint density at radius 3 is 2.45 bits per heavy atom. The molecule has 22 heavy (non-hydrogen) atoms. The molecule has 2 rings (SSSR count). The molecule has 0 fully saturated rings. The van der Waals surface area contributed by atoms with Gasteiger partial charge < -0.3 is 14.8 Å². The van der Waals surface area contributed by atoms with Gasteiger partial charge in [-0.15, -0.1) is 0 Å². The number of hydrogen-bond donors (Lipinski definition) is 1. The number of para-hydroxylation sites is 2. The number of halogens is 1. The summed E-state index contributed by atoms with van der Waals surface area (Å²) in [5.41, 5.74) is 0.998. The highest BCUT2D eigenvalue weighted by Gasteiger charge is 2.15. The molecule has 2 aromatic rings. The maximum atomic E-state index is 12.5. The molecular formula is C17H18ClNO3. The second-order valence-corrected chi connectivity index (χ2v) is 4.89. The van der Waals surface area contributed by atoms with E-state index in [1.54, 1.807) is 30.3 Å². The molecule has 1 N–H and O–H groups in total. The Labute approximate surface area is 135 Å². The molecule has 116 valence electrons. The summed E-state index contributed by atoms with van der Waals surface area (Å²) in [4.78, 5) is 12.5. The molecule has 4 nitrogen and oxygen atoms in total. The number of amides is 1. The minimum atomic E-state index is -0.293. The number of carbonyl (C=O) groups is 1. The van der Waals surface area contributed by atoms with E-state index in [0.29, 0.717) is 41.0 Å². The van der Waals surface area contributed by atoms with Gasteiger partial charge in [-0.1, -0.05) is 23.7 Å². The number of rotatable bonds is 6. The highest BCUT2D eigenvalue weighted by molar-refractivity contribution is 6.31. The molecule has 2 aromatic carbocycles. The molecule has 0 heterocycles. The second-order valence-electron chi connectivity index (χ2n) is 4.46. The summed E-state index contributed by atoms with van der Waals surface area (Å²) in [5.74, 6) is 0.828. The number of anilines is 1. The third-order valence-electron chi connectivity index (χ3n) is 2.92. The molecule has 1 amide bonds. The summed E-state index contributed by atoms with van der Waals surface area (Å²) in [7, 11) is 0. The van der Waals surface area contributed by atoms with Crippen LogP contribution in [0.15, 0.2) is 42.5 Å². The molecule has 0 aromatic heterocycles. The number of carbonyl (C=O) groups excluding carboxylic acids is 1. The van der Waals surface area contributed by atoms with Crippen LogP contribution in [0.25, 0.3) is 0 Å². The Bertz CT molecular complexity index is 658. The standard InChI is InChI=1S/C17H18ClNO3/c1-3-21-15-10-9-12(18)11-13(15)17(20)19-14-7-5-6-8-16(14)22-4-2/h5-11H,3-4H2,1-2H3,(H,19,20). The van der Waals surface area contributed by atoms with E-state index < -0.39 is 0 Å². The number of hydrogen-bond acceptors (Lipinski definition) is 3. The van der Waals surface area contributed by atoms with Gasteiger partial charge in [0.05, 0.1) is 24.5 Å². The third kappa shape index (κ3) is 3.92. The zero-order chi connectivity index (χ0) is 15.9. The lowest BCUT2D eigenvalue weighted by molar-refractivity contribution is 0.102. The van der Waals surface area contributed by atoms with E-state index in [2.05, 4.69) is 5.32 Å². The van der Waals surface area contributed by atoms with E-state index in [1.807, 2.05) is 26.0 Å². The minimum Gasteiger partial charge on any atom is -0.493 e. The summed E-state index contributed by atoms with van der Waals surface area (Å²) in [5, 5.41) is 3.31. The van der Waals surface area contributed by atoms with Crippen molar-refractivity contribution in [1.29, 1.82) is 0 Å². The van der Waals surface area contributed by atoms with Gasteiger partial charge in [0.25, 0.3) is 5.91 Å². The summed E-state index contributed by atoms with van der Waals surface area (Å²) in [6.07, 6.45) is 0. The van der Waals surface area contributed by atoms with Crippen LogP contribution in [0.1, 0.15) is 24.2 Å². The van der Waals surface area contributed by atoms with E-state index in [4.69, 9.17) is 21.1 Å². The lowest BCUT2D eigenvalue weighted by Gasteiger charge is -2.13. The van der Waals surface area contributed by atoms with Crippen molar-refractivity contribution >= 4 is 23.2 Å². The Morgan fingerprint density at radius 1 is 1.05 bits per heavy atom. The van der Waals surface area contributed by atoms with Gasteiger partial charge >= 0.3 is 0 Å².